The van der Waals surface area contributed by atoms with Crippen LogP contribution in [0.1, 0.15) is 12.8 Å². The minimum absolute atomic E-state index is 0.658. The molecule has 2 aromatic heterocycles. The number of aromatic amines is 1. The molecule has 1 fully saturated rings. The van der Waals surface area contributed by atoms with Gasteiger partial charge in [0.2, 0.25) is 0 Å². The van der Waals surface area contributed by atoms with Crippen molar-refractivity contribution in [3.8, 4) is 0 Å². The Labute approximate surface area is 99.3 Å². The summed E-state index contributed by atoms with van der Waals surface area (Å²) in [5.74, 6) is 1.62. The van der Waals surface area contributed by atoms with E-state index in [0.29, 0.717) is 5.92 Å². The van der Waals surface area contributed by atoms with E-state index in [1.165, 1.54) is 0 Å². The summed E-state index contributed by atoms with van der Waals surface area (Å²) in [6.07, 6.45) is 5.51. The molecule has 0 saturated carbocycles. The summed E-state index contributed by atoms with van der Waals surface area (Å²) in [5, 5.41) is 0. The molecule has 3 N–H and O–H groups in total. The number of aromatic nitrogens is 4. The largest absolute Gasteiger partial charge is 0.355 e. The van der Waals surface area contributed by atoms with E-state index in [9.17, 15) is 0 Å². The lowest BCUT2D eigenvalue weighted by Crippen LogP contribution is -2.36. The molecular weight excluding hydrogens is 216 g/mol. The van der Waals surface area contributed by atoms with E-state index in [0.717, 1.165) is 49.5 Å². The molecule has 0 atom stereocenters. The Bertz CT molecular complexity index is 499. The molecule has 6 nitrogen and oxygen atoms in total. The lowest BCUT2D eigenvalue weighted by Gasteiger charge is -2.32. The molecule has 1 aliphatic heterocycles. The quantitative estimate of drug-likeness (QED) is 0.789. The zero-order valence-electron chi connectivity index (χ0n) is 9.63. The smallest absolute Gasteiger partial charge is 0.182 e. The van der Waals surface area contributed by atoms with Crippen molar-refractivity contribution >= 4 is 17.0 Å². The molecule has 3 heterocycles. The zero-order valence-corrected chi connectivity index (χ0v) is 9.63. The first-order valence-corrected chi connectivity index (χ1v) is 5.97. The second-order valence-electron chi connectivity index (χ2n) is 4.46. The van der Waals surface area contributed by atoms with Gasteiger partial charge in [0.25, 0.3) is 0 Å². The third-order valence-corrected chi connectivity index (χ3v) is 3.45. The van der Waals surface area contributed by atoms with Crippen molar-refractivity contribution < 1.29 is 0 Å². The summed E-state index contributed by atoms with van der Waals surface area (Å²) < 4.78 is 0. The van der Waals surface area contributed by atoms with Gasteiger partial charge in [0.15, 0.2) is 11.5 Å². The lowest BCUT2D eigenvalue weighted by atomic mass is 9.97. The Balaban J connectivity index is 1.87. The Kier molecular flexibility index (Phi) is 2.64. The zero-order chi connectivity index (χ0) is 11.7. The number of piperidine rings is 1. The van der Waals surface area contributed by atoms with Gasteiger partial charge in [0.1, 0.15) is 11.8 Å². The number of H-pyrrole nitrogens is 1. The number of anilines is 1. The van der Waals surface area contributed by atoms with Gasteiger partial charge in [-0.1, -0.05) is 0 Å². The highest BCUT2D eigenvalue weighted by molar-refractivity contribution is 5.82. The van der Waals surface area contributed by atoms with Crippen molar-refractivity contribution in [3.05, 3.63) is 12.7 Å². The van der Waals surface area contributed by atoms with Gasteiger partial charge in [0.05, 0.1) is 6.33 Å². The number of hydrogen-bond acceptors (Lipinski definition) is 5. The topological polar surface area (TPSA) is 83.7 Å². The number of rotatable bonds is 2. The van der Waals surface area contributed by atoms with Crippen molar-refractivity contribution in [1.82, 2.24) is 19.9 Å². The molecule has 2 aromatic rings. The monoisotopic (exact) mass is 232 g/mol. The van der Waals surface area contributed by atoms with Gasteiger partial charge >= 0.3 is 0 Å². The lowest BCUT2D eigenvalue weighted by molar-refractivity contribution is 0.413. The van der Waals surface area contributed by atoms with Gasteiger partial charge in [-0.2, -0.15) is 0 Å². The van der Waals surface area contributed by atoms with Crippen LogP contribution in [0.5, 0.6) is 0 Å². The summed E-state index contributed by atoms with van der Waals surface area (Å²) in [5.41, 5.74) is 7.36. The Morgan fingerprint density at radius 2 is 2.12 bits per heavy atom. The van der Waals surface area contributed by atoms with Crippen LogP contribution in [0, 0.1) is 5.92 Å². The van der Waals surface area contributed by atoms with Crippen LogP contribution in [0.15, 0.2) is 12.7 Å². The van der Waals surface area contributed by atoms with Gasteiger partial charge in [-0.15, -0.1) is 0 Å². The Morgan fingerprint density at radius 3 is 2.88 bits per heavy atom. The first kappa shape index (κ1) is 10.5. The third-order valence-electron chi connectivity index (χ3n) is 3.45. The van der Waals surface area contributed by atoms with Gasteiger partial charge in [-0.25, -0.2) is 15.0 Å². The molecule has 90 valence electrons. The molecule has 6 heteroatoms. The Morgan fingerprint density at radius 1 is 1.29 bits per heavy atom. The molecule has 17 heavy (non-hydrogen) atoms. The third kappa shape index (κ3) is 1.84. The predicted molar refractivity (Wildman–Crippen MR) is 65.7 cm³/mol. The summed E-state index contributed by atoms with van der Waals surface area (Å²) in [6, 6.07) is 0. The minimum Gasteiger partial charge on any atom is -0.355 e. The fourth-order valence-corrected chi connectivity index (χ4v) is 2.37. The fourth-order valence-electron chi connectivity index (χ4n) is 2.37. The molecule has 0 aliphatic carbocycles. The highest BCUT2D eigenvalue weighted by Gasteiger charge is 2.21. The van der Waals surface area contributed by atoms with E-state index in [4.69, 9.17) is 5.73 Å². The van der Waals surface area contributed by atoms with Crippen molar-refractivity contribution in [1.29, 1.82) is 0 Å². The summed E-state index contributed by atoms with van der Waals surface area (Å²) in [6.45, 7) is 2.80. The van der Waals surface area contributed by atoms with E-state index in [2.05, 4.69) is 24.8 Å². The number of hydrogen-bond donors (Lipinski definition) is 2. The first-order valence-electron chi connectivity index (χ1n) is 5.97. The second kappa shape index (κ2) is 4.29. The first-order chi connectivity index (χ1) is 8.38. The van der Waals surface area contributed by atoms with E-state index >= 15 is 0 Å². The maximum absolute atomic E-state index is 5.70. The van der Waals surface area contributed by atoms with Gasteiger partial charge in [-0.3, -0.25) is 0 Å². The van der Waals surface area contributed by atoms with Crippen molar-refractivity contribution in [2.45, 2.75) is 12.8 Å². The average molecular weight is 232 g/mol. The Hall–Kier alpha value is -1.69. The summed E-state index contributed by atoms with van der Waals surface area (Å²) in [7, 11) is 0. The molecule has 0 bridgehead atoms. The van der Waals surface area contributed by atoms with Crippen LogP contribution >= 0.6 is 0 Å². The van der Waals surface area contributed by atoms with Crippen molar-refractivity contribution in [2.24, 2.45) is 11.7 Å². The maximum atomic E-state index is 5.70. The van der Waals surface area contributed by atoms with Gasteiger partial charge in [-0.05, 0) is 25.3 Å². The van der Waals surface area contributed by atoms with Crippen LogP contribution < -0.4 is 10.6 Å². The normalized spacial score (nSPS) is 17.8. The molecule has 0 amide bonds. The van der Waals surface area contributed by atoms with E-state index in [1.807, 2.05) is 0 Å². The minimum atomic E-state index is 0.658. The molecule has 3 rings (SSSR count). The molecule has 1 saturated heterocycles. The molecule has 0 aromatic carbocycles. The molecule has 1 aliphatic rings. The standard InChI is InChI=1S/C11H16N6/c12-5-8-1-3-17(4-2-8)11-9-10(14-6-13-9)15-7-16-11/h6-8H,1-5,12H2,(H,13,14,15,16). The maximum Gasteiger partial charge on any atom is 0.182 e. The molecule has 0 spiro atoms. The molecule has 0 radical (unpaired) electrons. The van der Waals surface area contributed by atoms with Gasteiger partial charge in [0, 0.05) is 13.1 Å². The number of fused-ring (bicyclic) bond motifs is 1. The average Bonchev–Trinajstić information content (AvgIpc) is 2.87. The summed E-state index contributed by atoms with van der Waals surface area (Å²) in [4.78, 5) is 18.0. The summed E-state index contributed by atoms with van der Waals surface area (Å²) >= 11 is 0. The molecule has 0 unspecified atom stereocenters. The van der Waals surface area contributed by atoms with Crippen LogP contribution in [0.4, 0.5) is 5.82 Å². The SMILES string of the molecule is NCC1CCN(c2ncnc3nc[nH]c23)CC1. The highest BCUT2D eigenvalue weighted by atomic mass is 15.2. The van der Waals surface area contributed by atoms with E-state index in [-0.39, 0.29) is 0 Å². The van der Waals surface area contributed by atoms with Gasteiger partial charge < -0.3 is 15.6 Å². The highest BCUT2D eigenvalue weighted by Crippen LogP contribution is 2.24. The van der Waals surface area contributed by atoms with Crippen LogP contribution in [-0.4, -0.2) is 39.6 Å². The van der Waals surface area contributed by atoms with E-state index in [1.54, 1.807) is 12.7 Å². The number of nitrogens with zero attached hydrogens (tertiary/aromatic N) is 4. The van der Waals surface area contributed by atoms with Crippen LogP contribution in [-0.2, 0) is 0 Å². The predicted octanol–water partition coefficient (Wildman–Crippen LogP) is 0.528. The number of nitrogens with two attached hydrogens (primary N) is 1. The van der Waals surface area contributed by atoms with Crippen LogP contribution in [0.25, 0.3) is 11.2 Å². The van der Waals surface area contributed by atoms with Crippen molar-refractivity contribution in [3.63, 3.8) is 0 Å². The van der Waals surface area contributed by atoms with E-state index < -0.39 is 0 Å². The fraction of sp³-hybridized carbons (Fsp3) is 0.545. The van der Waals surface area contributed by atoms with Crippen molar-refractivity contribution in [2.75, 3.05) is 24.5 Å². The molecular formula is C11H16N6. The number of imidazole rings is 1. The number of nitrogens with one attached hydrogen (secondary N) is 1. The van der Waals surface area contributed by atoms with Crippen LogP contribution in [0.3, 0.4) is 0 Å². The second-order valence-corrected chi connectivity index (χ2v) is 4.46. The van der Waals surface area contributed by atoms with Crippen LogP contribution in [0.2, 0.25) is 0 Å².